The molecule has 0 bridgehead atoms. The molecule has 0 aromatic heterocycles. The maximum absolute atomic E-state index is 11.0. The van der Waals surface area contributed by atoms with Crippen LogP contribution < -0.4 is 0 Å². The van der Waals surface area contributed by atoms with Crippen LogP contribution in [0, 0.1) is 23.7 Å². The van der Waals surface area contributed by atoms with Crippen molar-refractivity contribution < 1.29 is 9.90 Å². The lowest BCUT2D eigenvalue weighted by Gasteiger charge is -2.24. The van der Waals surface area contributed by atoms with E-state index in [1.165, 1.54) is 12.8 Å². The monoisotopic (exact) mass is 228 g/mol. The summed E-state index contributed by atoms with van der Waals surface area (Å²) in [6, 6.07) is 0. The van der Waals surface area contributed by atoms with Crippen molar-refractivity contribution >= 4 is 5.97 Å². The average molecular weight is 228 g/mol. The molecule has 0 heterocycles. The number of hydrogen-bond donors (Lipinski definition) is 1. The van der Waals surface area contributed by atoms with E-state index in [1.807, 2.05) is 6.92 Å². The molecule has 2 unspecified atom stereocenters. The first-order chi connectivity index (χ1) is 7.38. The van der Waals surface area contributed by atoms with E-state index in [2.05, 4.69) is 27.7 Å². The van der Waals surface area contributed by atoms with E-state index in [-0.39, 0.29) is 5.92 Å². The summed E-state index contributed by atoms with van der Waals surface area (Å²) in [6.45, 7) is 10.8. The summed E-state index contributed by atoms with van der Waals surface area (Å²) in [5.74, 6) is 1.08. The van der Waals surface area contributed by atoms with E-state index >= 15 is 0 Å². The SMILES string of the molecule is CCC(CC(CCC(C)C)C(C)C)C(=O)O. The number of carboxylic acids is 1. The molecule has 2 atom stereocenters. The van der Waals surface area contributed by atoms with Crippen LogP contribution >= 0.6 is 0 Å². The number of carbonyl (C=O) groups is 1. The molecule has 0 aliphatic carbocycles. The van der Waals surface area contributed by atoms with E-state index in [4.69, 9.17) is 5.11 Å². The van der Waals surface area contributed by atoms with Crippen LogP contribution in [0.4, 0.5) is 0 Å². The average Bonchev–Trinajstić information content (AvgIpc) is 2.16. The van der Waals surface area contributed by atoms with Crippen LogP contribution in [-0.4, -0.2) is 11.1 Å². The van der Waals surface area contributed by atoms with Gasteiger partial charge in [0.05, 0.1) is 5.92 Å². The van der Waals surface area contributed by atoms with Gasteiger partial charge in [-0.2, -0.15) is 0 Å². The number of rotatable bonds is 8. The summed E-state index contributed by atoms with van der Waals surface area (Å²) in [5, 5.41) is 9.08. The molecule has 0 aliphatic heterocycles. The zero-order valence-corrected chi connectivity index (χ0v) is 11.5. The molecule has 0 radical (unpaired) electrons. The first kappa shape index (κ1) is 15.5. The van der Waals surface area contributed by atoms with Crippen LogP contribution in [0.25, 0.3) is 0 Å². The molecule has 16 heavy (non-hydrogen) atoms. The van der Waals surface area contributed by atoms with Gasteiger partial charge in [0.25, 0.3) is 0 Å². The van der Waals surface area contributed by atoms with Crippen LogP contribution in [0.15, 0.2) is 0 Å². The Morgan fingerprint density at radius 3 is 2.00 bits per heavy atom. The van der Waals surface area contributed by atoms with Crippen LogP contribution in [-0.2, 0) is 4.79 Å². The van der Waals surface area contributed by atoms with Crippen LogP contribution in [0.1, 0.15) is 60.3 Å². The minimum Gasteiger partial charge on any atom is -0.481 e. The first-order valence-electron chi connectivity index (χ1n) is 6.61. The Morgan fingerprint density at radius 2 is 1.69 bits per heavy atom. The van der Waals surface area contributed by atoms with Gasteiger partial charge in [0.15, 0.2) is 0 Å². The second-order valence-electron chi connectivity index (χ2n) is 5.65. The van der Waals surface area contributed by atoms with E-state index in [0.717, 1.165) is 12.8 Å². The van der Waals surface area contributed by atoms with Gasteiger partial charge in [-0.15, -0.1) is 0 Å². The molecule has 1 N–H and O–H groups in total. The van der Waals surface area contributed by atoms with E-state index < -0.39 is 5.97 Å². The molecule has 0 saturated carbocycles. The Kier molecular flexibility index (Phi) is 7.44. The largest absolute Gasteiger partial charge is 0.481 e. The Bertz CT molecular complexity index is 197. The highest BCUT2D eigenvalue weighted by Gasteiger charge is 2.22. The fraction of sp³-hybridized carbons (Fsp3) is 0.929. The Morgan fingerprint density at radius 1 is 1.12 bits per heavy atom. The van der Waals surface area contributed by atoms with Gasteiger partial charge >= 0.3 is 5.97 Å². The molecule has 0 amide bonds. The number of hydrogen-bond acceptors (Lipinski definition) is 1. The van der Waals surface area contributed by atoms with Gasteiger partial charge in [0.2, 0.25) is 0 Å². The lowest BCUT2D eigenvalue weighted by molar-refractivity contribution is -0.142. The van der Waals surface area contributed by atoms with Gasteiger partial charge in [-0.05, 0) is 37.0 Å². The van der Waals surface area contributed by atoms with Gasteiger partial charge in [-0.25, -0.2) is 0 Å². The zero-order chi connectivity index (χ0) is 12.7. The van der Waals surface area contributed by atoms with Gasteiger partial charge < -0.3 is 5.11 Å². The summed E-state index contributed by atoms with van der Waals surface area (Å²) in [4.78, 5) is 11.0. The van der Waals surface area contributed by atoms with Crippen LogP contribution in [0.3, 0.4) is 0 Å². The lowest BCUT2D eigenvalue weighted by Crippen LogP contribution is -2.20. The molecular weight excluding hydrogens is 200 g/mol. The highest BCUT2D eigenvalue weighted by atomic mass is 16.4. The maximum Gasteiger partial charge on any atom is 0.306 e. The predicted octanol–water partition coefficient (Wildman–Crippen LogP) is 4.20. The van der Waals surface area contributed by atoms with E-state index in [0.29, 0.717) is 17.8 Å². The summed E-state index contributed by atoms with van der Waals surface area (Å²) >= 11 is 0. The molecule has 2 nitrogen and oxygen atoms in total. The molecule has 0 spiro atoms. The second-order valence-corrected chi connectivity index (χ2v) is 5.65. The quantitative estimate of drug-likeness (QED) is 0.676. The third-order valence-corrected chi connectivity index (χ3v) is 3.49. The van der Waals surface area contributed by atoms with Crippen molar-refractivity contribution in [3.63, 3.8) is 0 Å². The molecule has 0 fully saturated rings. The van der Waals surface area contributed by atoms with Crippen LogP contribution in [0.2, 0.25) is 0 Å². The van der Waals surface area contributed by atoms with Crippen molar-refractivity contribution in [3.05, 3.63) is 0 Å². The molecule has 2 heteroatoms. The zero-order valence-electron chi connectivity index (χ0n) is 11.5. The number of carboxylic acid groups (broad SMARTS) is 1. The minimum atomic E-state index is -0.627. The fourth-order valence-corrected chi connectivity index (χ4v) is 2.08. The normalized spacial score (nSPS) is 15.4. The topological polar surface area (TPSA) is 37.3 Å². The summed E-state index contributed by atoms with van der Waals surface area (Å²) in [6.07, 6.45) is 3.97. The molecule has 0 aromatic rings. The molecular formula is C14H28O2. The van der Waals surface area contributed by atoms with E-state index in [9.17, 15) is 4.79 Å². The number of aliphatic carboxylic acids is 1. The maximum atomic E-state index is 11.0. The Balaban J connectivity index is 4.25. The third-order valence-electron chi connectivity index (χ3n) is 3.49. The van der Waals surface area contributed by atoms with Gasteiger partial charge in [0.1, 0.15) is 0 Å². The van der Waals surface area contributed by atoms with Crippen molar-refractivity contribution in [3.8, 4) is 0 Å². The van der Waals surface area contributed by atoms with Crippen molar-refractivity contribution in [1.82, 2.24) is 0 Å². The van der Waals surface area contributed by atoms with Gasteiger partial charge in [0, 0.05) is 0 Å². The third kappa shape index (κ3) is 6.14. The minimum absolute atomic E-state index is 0.153. The standard InChI is InChI=1S/C14H28O2/c1-6-12(14(15)16)9-13(11(4)5)8-7-10(2)3/h10-13H,6-9H2,1-5H3,(H,15,16). The van der Waals surface area contributed by atoms with Crippen molar-refractivity contribution in [2.75, 3.05) is 0 Å². The van der Waals surface area contributed by atoms with Gasteiger partial charge in [-0.1, -0.05) is 41.0 Å². The van der Waals surface area contributed by atoms with Gasteiger partial charge in [-0.3, -0.25) is 4.79 Å². The Labute approximate surface area is 100 Å². The van der Waals surface area contributed by atoms with E-state index in [1.54, 1.807) is 0 Å². The summed E-state index contributed by atoms with van der Waals surface area (Å²) < 4.78 is 0. The summed E-state index contributed by atoms with van der Waals surface area (Å²) in [7, 11) is 0. The highest BCUT2D eigenvalue weighted by Crippen LogP contribution is 2.28. The molecule has 0 aliphatic rings. The highest BCUT2D eigenvalue weighted by molar-refractivity contribution is 5.69. The molecule has 0 rings (SSSR count). The van der Waals surface area contributed by atoms with Crippen LogP contribution in [0.5, 0.6) is 0 Å². The van der Waals surface area contributed by atoms with Crippen molar-refractivity contribution in [2.45, 2.75) is 60.3 Å². The second kappa shape index (κ2) is 7.70. The smallest absolute Gasteiger partial charge is 0.306 e. The van der Waals surface area contributed by atoms with Crippen molar-refractivity contribution in [2.24, 2.45) is 23.7 Å². The van der Waals surface area contributed by atoms with Crippen molar-refractivity contribution in [1.29, 1.82) is 0 Å². The predicted molar refractivity (Wildman–Crippen MR) is 68.4 cm³/mol. The molecule has 96 valence electrons. The Hall–Kier alpha value is -0.530. The summed E-state index contributed by atoms with van der Waals surface area (Å²) in [5.41, 5.74) is 0. The first-order valence-corrected chi connectivity index (χ1v) is 6.61. The molecule has 0 saturated heterocycles. The fourth-order valence-electron chi connectivity index (χ4n) is 2.08. The lowest BCUT2D eigenvalue weighted by atomic mass is 9.81. The molecule has 0 aromatic carbocycles.